The van der Waals surface area contributed by atoms with Gasteiger partial charge in [-0.15, -0.1) is 0 Å². The minimum Gasteiger partial charge on any atom is -0.374 e. The summed E-state index contributed by atoms with van der Waals surface area (Å²) in [6.45, 7) is 2.13. The van der Waals surface area contributed by atoms with Gasteiger partial charge >= 0.3 is 0 Å². The van der Waals surface area contributed by atoms with Gasteiger partial charge in [0.1, 0.15) is 10.3 Å². The van der Waals surface area contributed by atoms with E-state index in [1.807, 2.05) is 0 Å². The molecule has 1 aliphatic rings. The van der Waals surface area contributed by atoms with Crippen molar-refractivity contribution in [2.45, 2.75) is 6.10 Å². The van der Waals surface area contributed by atoms with Crippen LogP contribution < -0.4 is 10.5 Å². The van der Waals surface area contributed by atoms with E-state index >= 15 is 0 Å². The number of hydrogen-bond donors (Lipinski definition) is 1. The maximum Gasteiger partial charge on any atom is 0.267 e. The lowest BCUT2D eigenvalue weighted by Crippen LogP contribution is -2.44. The molecule has 2 rings (SSSR count). The number of aromatic nitrogens is 2. The highest BCUT2D eigenvalue weighted by Crippen LogP contribution is 2.21. The minimum atomic E-state index is -0.160. The van der Waals surface area contributed by atoms with Gasteiger partial charge in [0.05, 0.1) is 19.0 Å². The predicted molar refractivity (Wildman–Crippen MR) is 68.3 cm³/mol. The monoisotopic (exact) mass is 351 g/mol. The lowest BCUT2D eigenvalue weighted by atomic mass is 10.3. The van der Waals surface area contributed by atoms with E-state index in [0.717, 1.165) is 18.4 Å². The van der Waals surface area contributed by atoms with Crippen LogP contribution in [0.4, 0.5) is 5.82 Å². The number of aromatic amines is 1. The van der Waals surface area contributed by atoms with Gasteiger partial charge in [0.25, 0.3) is 5.56 Å². The Kier molecular flexibility index (Phi) is 3.99. The summed E-state index contributed by atoms with van der Waals surface area (Å²) in [6, 6.07) is 0. The number of nitrogens with one attached hydrogen (secondary N) is 1. The summed E-state index contributed by atoms with van der Waals surface area (Å²) in [5.74, 6) is 0.679. The fraction of sp³-hybridized carbons (Fsp3) is 0.556. The van der Waals surface area contributed by atoms with E-state index in [4.69, 9.17) is 4.74 Å². The number of alkyl halides is 1. The van der Waals surface area contributed by atoms with E-state index < -0.39 is 0 Å². The molecule has 1 atom stereocenters. The van der Waals surface area contributed by atoms with Gasteiger partial charge in [-0.05, 0) is 15.9 Å². The first kappa shape index (κ1) is 12.1. The Morgan fingerprint density at radius 3 is 3.25 bits per heavy atom. The van der Waals surface area contributed by atoms with Gasteiger partial charge in [-0.3, -0.25) is 4.79 Å². The van der Waals surface area contributed by atoms with Crippen molar-refractivity contribution >= 4 is 37.7 Å². The third-order valence-electron chi connectivity index (χ3n) is 2.39. The topological polar surface area (TPSA) is 58.2 Å². The summed E-state index contributed by atoms with van der Waals surface area (Å²) in [7, 11) is 0. The van der Waals surface area contributed by atoms with Crippen molar-refractivity contribution in [3.63, 3.8) is 0 Å². The summed E-state index contributed by atoms with van der Waals surface area (Å²) in [4.78, 5) is 20.2. The number of hydrogen-bond acceptors (Lipinski definition) is 4. The lowest BCUT2D eigenvalue weighted by molar-refractivity contribution is 0.0567. The molecule has 88 valence electrons. The van der Waals surface area contributed by atoms with Crippen molar-refractivity contribution in [2.75, 3.05) is 29.9 Å². The summed E-state index contributed by atoms with van der Waals surface area (Å²) in [6.07, 6.45) is 1.56. The van der Waals surface area contributed by atoms with Crippen molar-refractivity contribution in [1.82, 2.24) is 9.97 Å². The van der Waals surface area contributed by atoms with E-state index in [9.17, 15) is 4.79 Å². The zero-order chi connectivity index (χ0) is 11.5. The molecule has 1 fully saturated rings. The van der Waals surface area contributed by atoms with Crippen LogP contribution in [0.2, 0.25) is 0 Å². The summed E-state index contributed by atoms with van der Waals surface area (Å²) >= 11 is 6.65. The zero-order valence-electron chi connectivity index (χ0n) is 8.45. The predicted octanol–water partition coefficient (Wildman–Crippen LogP) is 1.13. The maximum atomic E-state index is 11.4. The number of halogens is 2. The Labute approximate surface area is 109 Å². The fourth-order valence-electron chi connectivity index (χ4n) is 1.60. The van der Waals surface area contributed by atoms with E-state index in [1.165, 1.54) is 6.33 Å². The summed E-state index contributed by atoms with van der Waals surface area (Å²) < 4.78 is 6.01. The molecule has 0 amide bonds. The van der Waals surface area contributed by atoms with Gasteiger partial charge in [0, 0.05) is 18.4 Å². The third-order valence-corrected chi connectivity index (χ3v) is 3.83. The van der Waals surface area contributed by atoms with Crippen LogP contribution in [0.15, 0.2) is 15.6 Å². The molecule has 0 saturated carbocycles. The average molecular weight is 353 g/mol. The Morgan fingerprint density at radius 2 is 2.50 bits per heavy atom. The molecular weight excluding hydrogens is 342 g/mol. The highest BCUT2D eigenvalue weighted by atomic mass is 79.9. The second-order valence-corrected chi connectivity index (χ2v) is 4.90. The van der Waals surface area contributed by atoms with Crippen LogP contribution in [0.3, 0.4) is 0 Å². The first-order valence-corrected chi connectivity index (χ1v) is 6.79. The van der Waals surface area contributed by atoms with Crippen LogP contribution in [-0.2, 0) is 4.74 Å². The molecule has 7 heteroatoms. The van der Waals surface area contributed by atoms with Gasteiger partial charge in [-0.25, -0.2) is 4.98 Å². The maximum absolute atomic E-state index is 11.4. The Bertz CT molecular complexity index is 423. The van der Waals surface area contributed by atoms with E-state index in [0.29, 0.717) is 16.9 Å². The van der Waals surface area contributed by atoms with Crippen molar-refractivity contribution in [1.29, 1.82) is 0 Å². The molecule has 0 aliphatic carbocycles. The van der Waals surface area contributed by atoms with E-state index in [2.05, 4.69) is 46.7 Å². The molecule has 1 aliphatic heterocycles. The number of H-pyrrole nitrogens is 1. The van der Waals surface area contributed by atoms with Crippen LogP contribution >= 0.6 is 31.9 Å². The van der Waals surface area contributed by atoms with Gasteiger partial charge in [0.15, 0.2) is 0 Å². The standard InChI is InChI=1S/C9H11Br2N3O2/c10-3-6-4-14(1-2-16-6)8-7(11)9(15)13-5-12-8/h5-6H,1-4H2,(H,12,13,15). The van der Waals surface area contributed by atoms with Gasteiger partial charge in [0.2, 0.25) is 0 Å². The Morgan fingerprint density at radius 1 is 1.69 bits per heavy atom. The first-order chi connectivity index (χ1) is 7.72. The van der Waals surface area contributed by atoms with Gasteiger partial charge < -0.3 is 14.6 Å². The average Bonchev–Trinajstić information content (AvgIpc) is 2.33. The molecule has 1 aromatic heterocycles. The van der Waals surface area contributed by atoms with Crippen molar-refractivity contribution in [3.8, 4) is 0 Å². The summed E-state index contributed by atoms with van der Waals surface area (Å²) in [5.41, 5.74) is -0.160. The second kappa shape index (κ2) is 5.29. The number of anilines is 1. The van der Waals surface area contributed by atoms with Crippen molar-refractivity contribution in [3.05, 3.63) is 21.2 Å². The van der Waals surface area contributed by atoms with Crippen molar-refractivity contribution < 1.29 is 4.74 Å². The normalized spacial score (nSPS) is 21.1. The largest absolute Gasteiger partial charge is 0.374 e. The number of rotatable bonds is 2. The quantitative estimate of drug-likeness (QED) is 0.811. The minimum absolute atomic E-state index is 0.140. The van der Waals surface area contributed by atoms with Crippen LogP contribution in [-0.4, -0.2) is 41.1 Å². The Hall–Kier alpha value is -0.400. The van der Waals surface area contributed by atoms with Crippen molar-refractivity contribution in [2.24, 2.45) is 0 Å². The highest BCUT2D eigenvalue weighted by molar-refractivity contribution is 9.10. The van der Waals surface area contributed by atoms with Crippen LogP contribution in [0.1, 0.15) is 0 Å². The van der Waals surface area contributed by atoms with Crippen LogP contribution in [0.5, 0.6) is 0 Å². The Balaban J connectivity index is 2.23. The van der Waals surface area contributed by atoms with E-state index in [-0.39, 0.29) is 11.7 Å². The number of morpholine rings is 1. The van der Waals surface area contributed by atoms with E-state index in [1.54, 1.807) is 0 Å². The zero-order valence-corrected chi connectivity index (χ0v) is 11.6. The molecule has 0 spiro atoms. The molecular formula is C9H11Br2N3O2. The van der Waals surface area contributed by atoms with Gasteiger partial charge in [-0.1, -0.05) is 15.9 Å². The van der Waals surface area contributed by atoms with Gasteiger partial charge in [-0.2, -0.15) is 0 Å². The van der Waals surface area contributed by atoms with Crippen LogP contribution in [0.25, 0.3) is 0 Å². The molecule has 5 nitrogen and oxygen atoms in total. The fourth-order valence-corrected chi connectivity index (χ4v) is 2.46. The molecule has 1 unspecified atom stereocenters. The first-order valence-electron chi connectivity index (χ1n) is 4.88. The molecule has 1 saturated heterocycles. The highest BCUT2D eigenvalue weighted by Gasteiger charge is 2.22. The third kappa shape index (κ3) is 2.46. The smallest absolute Gasteiger partial charge is 0.267 e. The SMILES string of the molecule is O=c1[nH]cnc(N2CCOC(CBr)C2)c1Br. The van der Waals surface area contributed by atoms with Crippen LogP contribution in [0, 0.1) is 0 Å². The number of ether oxygens (including phenoxy) is 1. The second-order valence-electron chi connectivity index (χ2n) is 3.46. The molecule has 0 radical (unpaired) electrons. The molecule has 0 bridgehead atoms. The molecule has 1 aromatic rings. The molecule has 16 heavy (non-hydrogen) atoms. The molecule has 0 aromatic carbocycles. The number of nitrogens with zero attached hydrogens (tertiary/aromatic N) is 2. The molecule has 2 heterocycles. The lowest BCUT2D eigenvalue weighted by Gasteiger charge is -2.33. The molecule has 1 N–H and O–H groups in total. The summed E-state index contributed by atoms with van der Waals surface area (Å²) in [5, 5.41) is 0.782.